The van der Waals surface area contributed by atoms with Crippen LogP contribution in [0.3, 0.4) is 0 Å². The maximum atomic E-state index is 13.9. The molecule has 1 rings (SSSR count). The van der Waals surface area contributed by atoms with Crippen LogP contribution in [0.25, 0.3) is 0 Å². The van der Waals surface area contributed by atoms with Gasteiger partial charge in [-0.15, -0.1) is 0 Å². The number of nitrogens with zero attached hydrogens (tertiary/aromatic N) is 1. The third kappa shape index (κ3) is 42.7. The number of para-hydroxylation sites is 1. The van der Waals surface area contributed by atoms with Crippen molar-refractivity contribution < 1.29 is 23.9 Å². The van der Waals surface area contributed by atoms with Crippen LogP contribution in [-0.2, 0) is 23.9 Å². The number of carbonyl (C=O) groups is 3. The first-order valence-electron chi connectivity index (χ1n) is 28.6. The van der Waals surface area contributed by atoms with Gasteiger partial charge in [0.05, 0.1) is 6.54 Å². The van der Waals surface area contributed by atoms with Crippen LogP contribution in [0, 0.1) is 0 Å². The van der Waals surface area contributed by atoms with Crippen molar-refractivity contribution in [1.29, 1.82) is 0 Å². The van der Waals surface area contributed by atoms with Gasteiger partial charge >= 0.3 is 11.9 Å². The van der Waals surface area contributed by atoms with Gasteiger partial charge in [0.25, 0.3) is 0 Å². The molecule has 0 aromatic heterocycles. The lowest BCUT2D eigenvalue weighted by Crippen LogP contribution is -2.41. The third-order valence-corrected chi connectivity index (χ3v) is 12.5. The quantitative estimate of drug-likeness (QED) is 0.0370. The van der Waals surface area contributed by atoms with Crippen molar-refractivity contribution in [2.45, 2.75) is 258 Å². The second kappa shape index (κ2) is 50.5. The molecule has 0 spiro atoms. The highest BCUT2D eigenvalue weighted by molar-refractivity contribution is 5.93. The number of ether oxygens (including phenoxy) is 2. The summed E-state index contributed by atoms with van der Waals surface area (Å²) >= 11 is 0. The van der Waals surface area contributed by atoms with Gasteiger partial charge in [0.2, 0.25) is 5.91 Å². The molecule has 0 heterocycles. The van der Waals surface area contributed by atoms with Crippen LogP contribution >= 0.6 is 0 Å². The molecule has 0 aliphatic carbocycles. The Balaban J connectivity index is 2.64. The highest BCUT2D eigenvalue weighted by atomic mass is 16.6. The molecule has 1 unspecified atom stereocenters. The number of allylic oxidation sites excluding steroid dienone is 12. The van der Waals surface area contributed by atoms with E-state index in [0.29, 0.717) is 19.3 Å². The van der Waals surface area contributed by atoms with Crippen LogP contribution in [-0.4, -0.2) is 37.1 Å². The monoisotopic (exact) mass is 954 g/mol. The van der Waals surface area contributed by atoms with Gasteiger partial charge in [0.15, 0.2) is 6.10 Å². The minimum Gasteiger partial charge on any atom is -0.462 e. The average Bonchev–Trinajstić information content (AvgIpc) is 3.36. The van der Waals surface area contributed by atoms with Crippen LogP contribution in [0.15, 0.2) is 103 Å². The van der Waals surface area contributed by atoms with Gasteiger partial charge in [-0.3, -0.25) is 14.4 Å². The smallest absolute Gasteiger partial charge is 0.306 e. The molecule has 390 valence electrons. The molecule has 6 nitrogen and oxygen atoms in total. The van der Waals surface area contributed by atoms with E-state index < -0.39 is 6.10 Å². The number of amides is 1. The molecule has 0 radical (unpaired) electrons. The number of benzene rings is 1. The van der Waals surface area contributed by atoms with Crippen LogP contribution in [0.5, 0.6) is 0 Å². The Kier molecular flexibility index (Phi) is 46.1. The van der Waals surface area contributed by atoms with E-state index in [1.54, 1.807) is 4.90 Å². The normalized spacial score (nSPS) is 12.5. The van der Waals surface area contributed by atoms with Gasteiger partial charge < -0.3 is 14.4 Å². The molecular formula is C63H103NO5. The van der Waals surface area contributed by atoms with Crippen LogP contribution < -0.4 is 4.90 Å². The summed E-state index contributed by atoms with van der Waals surface area (Å²) in [6, 6.07) is 9.62. The molecule has 0 bridgehead atoms. The Morgan fingerprint density at radius 2 is 0.768 bits per heavy atom. The Morgan fingerprint density at radius 3 is 1.17 bits per heavy atom. The fourth-order valence-electron chi connectivity index (χ4n) is 8.17. The topological polar surface area (TPSA) is 72.9 Å². The highest BCUT2D eigenvalue weighted by Crippen LogP contribution is 2.20. The predicted molar refractivity (Wildman–Crippen MR) is 298 cm³/mol. The summed E-state index contributed by atoms with van der Waals surface area (Å²) < 4.78 is 11.8. The minimum absolute atomic E-state index is 0.00175. The molecule has 0 saturated carbocycles. The number of carbonyl (C=O) groups excluding carboxylic acids is 3. The van der Waals surface area contributed by atoms with E-state index in [-0.39, 0.29) is 31.0 Å². The first-order chi connectivity index (χ1) is 34.0. The van der Waals surface area contributed by atoms with Crippen molar-refractivity contribution in [3.05, 3.63) is 103 Å². The first kappa shape index (κ1) is 63.1. The summed E-state index contributed by atoms with van der Waals surface area (Å²) in [7, 11) is 0. The van der Waals surface area contributed by atoms with Gasteiger partial charge in [0.1, 0.15) is 6.61 Å². The van der Waals surface area contributed by atoms with E-state index in [1.807, 2.05) is 30.3 Å². The van der Waals surface area contributed by atoms with Gasteiger partial charge in [0, 0.05) is 24.9 Å². The Morgan fingerprint density at radius 1 is 0.420 bits per heavy atom. The molecular weight excluding hydrogens is 851 g/mol. The lowest BCUT2D eigenvalue weighted by molar-refractivity contribution is -0.158. The minimum atomic E-state index is -0.752. The van der Waals surface area contributed by atoms with E-state index in [0.717, 1.165) is 141 Å². The second-order valence-corrected chi connectivity index (χ2v) is 19.1. The molecule has 6 heteroatoms. The lowest BCUT2D eigenvalue weighted by atomic mass is 10.1. The zero-order valence-electron chi connectivity index (χ0n) is 44.8. The number of rotatable bonds is 48. The fraction of sp³-hybridized carbons (Fsp3) is 0.667. The second-order valence-electron chi connectivity index (χ2n) is 19.1. The van der Waals surface area contributed by atoms with Crippen molar-refractivity contribution in [2.24, 2.45) is 0 Å². The van der Waals surface area contributed by atoms with Crippen molar-refractivity contribution in [2.75, 3.05) is 18.1 Å². The molecule has 0 saturated heterocycles. The summed E-state index contributed by atoms with van der Waals surface area (Å²) in [6.07, 6.45) is 64.7. The van der Waals surface area contributed by atoms with Crippen LogP contribution in [0.4, 0.5) is 5.69 Å². The van der Waals surface area contributed by atoms with Crippen LogP contribution in [0.1, 0.15) is 252 Å². The number of hydrogen-bond acceptors (Lipinski definition) is 5. The van der Waals surface area contributed by atoms with Crippen molar-refractivity contribution in [3.8, 4) is 0 Å². The zero-order chi connectivity index (χ0) is 49.8. The molecule has 1 aromatic carbocycles. The van der Waals surface area contributed by atoms with Gasteiger partial charge in [-0.2, -0.15) is 0 Å². The first-order valence-corrected chi connectivity index (χ1v) is 28.6. The molecule has 1 aromatic rings. The summed E-state index contributed by atoms with van der Waals surface area (Å²) in [5, 5.41) is 0. The SMILES string of the molecule is CCCCC/C=C\C/C=C\CCCCCCCC(=O)OCC(CN(C(=O)CCCCCCC/C=C\C/C=C\CCCCC)c1ccccc1)OC(=O)CCCCCCC/C=C\C/C=C\CCCCC. The maximum Gasteiger partial charge on any atom is 0.306 e. The molecule has 0 fully saturated rings. The van der Waals surface area contributed by atoms with E-state index >= 15 is 0 Å². The molecule has 1 atom stereocenters. The summed E-state index contributed by atoms with van der Waals surface area (Å²) in [4.78, 5) is 41.9. The van der Waals surface area contributed by atoms with Crippen molar-refractivity contribution >= 4 is 23.5 Å². The molecule has 0 aliphatic rings. The number of esters is 2. The van der Waals surface area contributed by atoms with Crippen molar-refractivity contribution in [3.63, 3.8) is 0 Å². The molecule has 1 amide bonds. The summed E-state index contributed by atoms with van der Waals surface area (Å²) in [6.45, 7) is 6.81. The predicted octanol–water partition coefficient (Wildman–Crippen LogP) is 18.9. The fourth-order valence-corrected chi connectivity index (χ4v) is 8.17. The highest BCUT2D eigenvalue weighted by Gasteiger charge is 2.25. The molecule has 0 N–H and O–H groups in total. The van der Waals surface area contributed by atoms with E-state index in [2.05, 4.69) is 93.7 Å². The Labute approximate surface area is 425 Å². The largest absolute Gasteiger partial charge is 0.462 e. The van der Waals surface area contributed by atoms with E-state index in [9.17, 15) is 14.4 Å². The van der Waals surface area contributed by atoms with Gasteiger partial charge in [-0.1, -0.05) is 208 Å². The van der Waals surface area contributed by atoms with Gasteiger partial charge in [-0.05, 0) is 128 Å². The zero-order valence-corrected chi connectivity index (χ0v) is 44.8. The number of unbranched alkanes of at least 4 members (excludes halogenated alkanes) is 24. The molecule has 0 aliphatic heterocycles. The number of anilines is 1. The lowest BCUT2D eigenvalue weighted by Gasteiger charge is -2.28. The molecule has 69 heavy (non-hydrogen) atoms. The Bertz CT molecular complexity index is 1510. The van der Waals surface area contributed by atoms with Gasteiger partial charge in [-0.25, -0.2) is 0 Å². The average molecular weight is 955 g/mol. The van der Waals surface area contributed by atoms with E-state index in [1.165, 1.54) is 77.0 Å². The van der Waals surface area contributed by atoms with E-state index in [4.69, 9.17) is 9.47 Å². The Hall–Kier alpha value is -3.93. The summed E-state index contributed by atoms with van der Waals surface area (Å²) in [5.41, 5.74) is 0.760. The van der Waals surface area contributed by atoms with Crippen LogP contribution in [0.2, 0.25) is 0 Å². The summed E-state index contributed by atoms with van der Waals surface area (Å²) in [5.74, 6) is -0.582. The van der Waals surface area contributed by atoms with Crippen molar-refractivity contribution in [1.82, 2.24) is 0 Å². The number of hydrogen-bond donors (Lipinski definition) is 0. The third-order valence-electron chi connectivity index (χ3n) is 12.5. The standard InChI is InChI=1S/C63H103NO5/c1-4-7-10-13-16-19-22-25-28-31-34-37-40-43-49-54-61(65)64(59-52-47-46-48-53-59)57-60(69-63(67)56-51-45-42-39-36-33-30-27-24-21-18-15-12-9-6-3)58-68-62(66)55-50-44-41-38-35-32-29-26-23-20-17-14-11-8-5-2/h16-21,25-30,46-48,52-53,60H,4-15,22-24,31-45,49-51,54-58H2,1-3H3/b19-16-,20-17-,21-18-,28-25-,29-26-,30-27-. The maximum absolute atomic E-state index is 13.9.